The molecule has 132 valence electrons. The molecule has 2 amide bonds. The minimum absolute atomic E-state index is 0.0620. The van der Waals surface area contributed by atoms with Crippen LogP contribution in [0, 0.1) is 5.92 Å². The highest BCUT2D eigenvalue weighted by Gasteiger charge is 2.52. The number of likely N-dealkylation sites (tertiary alicyclic amines) is 2. The van der Waals surface area contributed by atoms with E-state index in [2.05, 4.69) is 0 Å². The molecule has 0 N–H and O–H groups in total. The van der Waals surface area contributed by atoms with Crippen LogP contribution in [0.4, 0.5) is 4.79 Å². The molecule has 0 saturated carbocycles. The number of fused-ring (bicyclic) bond motifs is 1. The predicted molar refractivity (Wildman–Crippen MR) is 91.4 cm³/mol. The molecule has 6 nitrogen and oxygen atoms in total. The number of nitrogens with zero attached hydrogens (tertiary/aromatic N) is 2. The molecule has 0 spiro atoms. The molecule has 0 radical (unpaired) electrons. The summed E-state index contributed by atoms with van der Waals surface area (Å²) in [5.41, 5.74) is 0.924. The first-order valence-electron chi connectivity index (χ1n) is 8.47. The maximum Gasteiger partial charge on any atom is 0.410 e. The fraction of sp³-hybridized carbons (Fsp3) is 0.421. The van der Waals surface area contributed by atoms with Crippen molar-refractivity contribution in [2.45, 2.75) is 39.0 Å². The molecule has 3 atom stereocenters. The molecule has 2 aliphatic rings. The smallest absolute Gasteiger partial charge is 0.410 e. The first-order chi connectivity index (χ1) is 12.0. The SMILES string of the molecule is CC(=O)/C=C/N1C(=O)[C@@H](C)[C@@H]2[C@@H]1CCN2C(=O)OCc1ccccc1. The monoisotopic (exact) mass is 342 g/mol. The van der Waals surface area contributed by atoms with Crippen LogP contribution in [0.25, 0.3) is 0 Å². The van der Waals surface area contributed by atoms with Crippen molar-refractivity contribution in [1.29, 1.82) is 0 Å². The molecule has 0 bridgehead atoms. The lowest BCUT2D eigenvalue weighted by Gasteiger charge is -2.25. The Morgan fingerprint density at radius 2 is 2.00 bits per heavy atom. The van der Waals surface area contributed by atoms with E-state index in [4.69, 9.17) is 4.74 Å². The zero-order valence-electron chi connectivity index (χ0n) is 14.4. The summed E-state index contributed by atoms with van der Waals surface area (Å²) >= 11 is 0. The predicted octanol–water partition coefficient (Wildman–Crippen LogP) is 2.35. The second-order valence-electron chi connectivity index (χ2n) is 6.54. The minimum atomic E-state index is -0.395. The molecule has 0 aromatic heterocycles. The molecule has 3 rings (SSSR count). The number of ether oxygens (including phenoxy) is 1. The molecular weight excluding hydrogens is 320 g/mol. The average Bonchev–Trinajstić information content (AvgIpc) is 3.13. The fourth-order valence-electron chi connectivity index (χ4n) is 3.63. The quantitative estimate of drug-likeness (QED) is 0.788. The molecule has 2 heterocycles. The number of carbonyl (C=O) groups excluding carboxylic acids is 3. The van der Waals surface area contributed by atoms with Crippen LogP contribution in [0.15, 0.2) is 42.6 Å². The van der Waals surface area contributed by atoms with Gasteiger partial charge in [-0.3, -0.25) is 9.59 Å². The topological polar surface area (TPSA) is 66.9 Å². The summed E-state index contributed by atoms with van der Waals surface area (Å²) < 4.78 is 5.42. The first-order valence-corrected chi connectivity index (χ1v) is 8.47. The molecule has 6 heteroatoms. The molecule has 0 unspecified atom stereocenters. The van der Waals surface area contributed by atoms with Crippen LogP contribution in [0.1, 0.15) is 25.8 Å². The number of allylic oxidation sites excluding steroid dienone is 1. The number of amides is 2. The molecule has 25 heavy (non-hydrogen) atoms. The molecule has 2 fully saturated rings. The molecule has 1 aromatic carbocycles. The number of benzene rings is 1. The van der Waals surface area contributed by atoms with E-state index >= 15 is 0 Å². The average molecular weight is 342 g/mol. The Labute approximate surface area is 147 Å². The van der Waals surface area contributed by atoms with E-state index in [-0.39, 0.29) is 36.3 Å². The molecular formula is C19H22N2O4. The summed E-state index contributed by atoms with van der Waals surface area (Å²) in [6.07, 6.45) is 3.23. The molecule has 1 aromatic rings. The van der Waals surface area contributed by atoms with Crippen LogP contribution in [0.5, 0.6) is 0 Å². The van der Waals surface area contributed by atoms with Gasteiger partial charge in [0.1, 0.15) is 6.61 Å². The van der Waals surface area contributed by atoms with Crippen LogP contribution >= 0.6 is 0 Å². The van der Waals surface area contributed by atoms with E-state index < -0.39 is 6.09 Å². The Kier molecular flexibility index (Phi) is 4.88. The van der Waals surface area contributed by atoms with Crippen LogP contribution in [-0.2, 0) is 20.9 Å². The summed E-state index contributed by atoms with van der Waals surface area (Å²) in [7, 11) is 0. The van der Waals surface area contributed by atoms with Crippen molar-refractivity contribution >= 4 is 17.8 Å². The van der Waals surface area contributed by atoms with Gasteiger partial charge in [0, 0.05) is 12.7 Å². The lowest BCUT2D eigenvalue weighted by molar-refractivity contribution is -0.129. The van der Waals surface area contributed by atoms with Crippen LogP contribution in [-0.4, -0.2) is 46.2 Å². The second kappa shape index (κ2) is 7.09. The molecule has 2 saturated heterocycles. The third kappa shape index (κ3) is 3.43. The van der Waals surface area contributed by atoms with Crippen LogP contribution < -0.4 is 0 Å². The maximum atomic E-state index is 12.5. The van der Waals surface area contributed by atoms with E-state index in [9.17, 15) is 14.4 Å². The van der Waals surface area contributed by atoms with Crippen molar-refractivity contribution in [2.24, 2.45) is 5.92 Å². The second-order valence-corrected chi connectivity index (χ2v) is 6.54. The summed E-state index contributed by atoms with van der Waals surface area (Å²) in [4.78, 5) is 39.4. The van der Waals surface area contributed by atoms with E-state index in [1.54, 1.807) is 16.0 Å². The third-order valence-corrected chi connectivity index (χ3v) is 4.84. The van der Waals surface area contributed by atoms with Crippen molar-refractivity contribution < 1.29 is 19.1 Å². The normalized spacial score (nSPS) is 25.5. The highest BCUT2D eigenvalue weighted by molar-refractivity contribution is 5.89. The van der Waals surface area contributed by atoms with Crippen molar-refractivity contribution in [3.8, 4) is 0 Å². The lowest BCUT2D eigenvalue weighted by atomic mass is 10.0. The van der Waals surface area contributed by atoms with Crippen molar-refractivity contribution in [2.75, 3.05) is 6.54 Å². The largest absolute Gasteiger partial charge is 0.445 e. The summed E-state index contributed by atoms with van der Waals surface area (Å²) in [6, 6.07) is 9.19. The Morgan fingerprint density at radius 3 is 2.68 bits per heavy atom. The molecule has 0 aliphatic carbocycles. The Bertz CT molecular complexity index is 701. The van der Waals surface area contributed by atoms with Crippen molar-refractivity contribution in [1.82, 2.24) is 9.80 Å². The van der Waals surface area contributed by atoms with Gasteiger partial charge in [-0.15, -0.1) is 0 Å². The van der Waals surface area contributed by atoms with Gasteiger partial charge in [0.2, 0.25) is 5.91 Å². The van der Waals surface area contributed by atoms with Crippen LogP contribution in [0.3, 0.4) is 0 Å². The number of ketones is 1. The van der Waals surface area contributed by atoms with Gasteiger partial charge in [0.05, 0.1) is 18.0 Å². The van der Waals surface area contributed by atoms with Crippen LogP contribution in [0.2, 0.25) is 0 Å². The summed E-state index contributed by atoms with van der Waals surface area (Å²) in [5.74, 6) is -0.484. The van der Waals surface area contributed by atoms with Crippen molar-refractivity contribution in [3.63, 3.8) is 0 Å². The highest BCUT2D eigenvalue weighted by Crippen LogP contribution is 2.36. The van der Waals surface area contributed by atoms with Gasteiger partial charge in [-0.1, -0.05) is 37.3 Å². The van der Waals surface area contributed by atoms with Crippen molar-refractivity contribution in [3.05, 3.63) is 48.2 Å². The Balaban J connectivity index is 1.68. The van der Waals surface area contributed by atoms with E-state index in [1.165, 1.54) is 13.0 Å². The summed E-state index contributed by atoms with van der Waals surface area (Å²) in [6.45, 7) is 4.03. The van der Waals surface area contributed by atoms with Gasteiger partial charge in [0.15, 0.2) is 5.78 Å². The maximum absolute atomic E-state index is 12.5. The standard InChI is InChI=1S/C19H22N2O4/c1-13(22)8-10-20-16-9-11-21(17(16)14(2)18(20)23)19(24)25-12-15-6-4-3-5-7-15/h3-8,10,14,16-17H,9,11-12H2,1-2H3/b10-8+/t14-,16-,17+/m0/s1. The zero-order valence-corrected chi connectivity index (χ0v) is 14.4. The highest BCUT2D eigenvalue weighted by atomic mass is 16.6. The van der Waals surface area contributed by atoms with Gasteiger partial charge in [0.25, 0.3) is 0 Å². The number of hydrogen-bond donors (Lipinski definition) is 0. The van der Waals surface area contributed by atoms with Gasteiger partial charge >= 0.3 is 6.09 Å². The Morgan fingerprint density at radius 1 is 1.28 bits per heavy atom. The van der Waals surface area contributed by atoms with Gasteiger partial charge in [-0.05, 0) is 25.0 Å². The minimum Gasteiger partial charge on any atom is -0.445 e. The zero-order chi connectivity index (χ0) is 18.0. The number of carbonyl (C=O) groups is 3. The van der Waals surface area contributed by atoms with Gasteiger partial charge in [-0.2, -0.15) is 0 Å². The number of hydrogen-bond acceptors (Lipinski definition) is 4. The van der Waals surface area contributed by atoms with E-state index in [1.807, 2.05) is 37.3 Å². The fourth-order valence-corrected chi connectivity index (χ4v) is 3.63. The lowest BCUT2D eigenvalue weighted by Crippen LogP contribution is -2.41. The number of rotatable bonds is 4. The van der Waals surface area contributed by atoms with E-state index in [0.29, 0.717) is 13.0 Å². The summed E-state index contributed by atoms with van der Waals surface area (Å²) in [5, 5.41) is 0. The molecule has 2 aliphatic heterocycles. The first kappa shape index (κ1) is 17.2. The van der Waals surface area contributed by atoms with E-state index in [0.717, 1.165) is 5.56 Å². The Hall–Kier alpha value is -2.63. The third-order valence-electron chi connectivity index (χ3n) is 4.84. The van der Waals surface area contributed by atoms with Gasteiger partial charge in [-0.25, -0.2) is 4.79 Å². The van der Waals surface area contributed by atoms with Gasteiger partial charge < -0.3 is 14.5 Å².